The van der Waals surface area contributed by atoms with Gasteiger partial charge in [-0.3, -0.25) is 0 Å². The van der Waals surface area contributed by atoms with Crippen LogP contribution in [0.4, 0.5) is 0 Å². The SMILES string of the molecule is Cc1ccc2[nH]c(C3CCC(N)C(C)C3(C)C)nc2n1. The smallest absolute Gasteiger partial charge is 0.177 e. The van der Waals surface area contributed by atoms with E-state index in [0.717, 1.165) is 35.5 Å². The number of hydrogen-bond donors (Lipinski definition) is 2. The molecule has 0 aliphatic heterocycles. The van der Waals surface area contributed by atoms with E-state index in [0.29, 0.717) is 17.9 Å². The van der Waals surface area contributed by atoms with Crippen LogP contribution in [0.15, 0.2) is 12.1 Å². The van der Waals surface area contributed by atoms with Gasteiger partial charge in [0.05, 0.1) is 5.52 Å². The Morgan fingerprint density at radius 1 is 1.25 bits per heavy atom. The molecular formula is C16H24N4. The Morgan fingerprint density at radius 3 is 2.75 bits per heavy atom. The molecule has 1 fully saturated rings. The number of aromatic nitrogens is 3. The first kappa shape index (κ1) is 13.6. The first-order chi connectivity index (χ1) is 9.39. The highest BCUT2D eigenvalue weighted by Crippen LogP contribution is 2.49. The van der Waals surface area contributed by atoms with Crippen LogP contribution < -0.4 is 5.73 Å². The molecule has 1 saturated carbocycles. The van der Waals surface area contributed by atoms with Crippen molar-refractivity contribution in [2.24, 2.45) is 17.1 Å². The summed E-state index contributed by atoms with van der Waals surface area (Å²) in [6, 6.07) is 4.39. The highest BCUT2D eigenvalue weighted by molar-refractivity contribution is 5.70. The molecule has 0 spiro atoms. The molecule has 3 rings (SSSR count). The van der Waals surface area contributed by atoms with Crippen molar-refractivity contribution in [3.63, 3.8) is 0 Å². The number of aryl methyl sites for hydroxylation is 1. The predicted octanol–water partition coefficient (Wildman–Crippen LogP) is 3.13. The fourth-order valence-corrected chi connectivity index (χ4v) is 3.51. The molecule has 0 bridgehead atoms. The summed E-state index contributed by atoms with van der Waals surface area (Å²) in [5.74, 6) is 1.98. The van der Waals surface area contributed by atoms with Crippen molar-refractivity contribution in [2.45, 2.75) is 52.5 Å². The maximum absolute atomic E-state index is 6.25. The summed E-state index contributed by atoms with van der Waals surface area (Å²) in [5, 5.41) is 0. The van der Waals surface area contributed by atoms with E-state index in [4.69, 9.17) is 10.7 Å². The second-order valence-corrected chi connectivity index (χ2v) is 6.85. The van der Waals surface area contributed by atoms with Gasteiger partial charge in [-0.2, -0.15) is 0 Å². The molecule has 3 atom stereocenters. The molecule has 108 valence electrons. The Labute approximate surface area is 120 Å². The van der Waals surface area contributed by atoms with E-state index >= 15 is 0 Å². The van der Waals surface area contributed by atoms with Gasteiger partial charge >= 0.3 is 0 Å². The third kappa shape index (κ3) is 2.03. The van der Waals surface area contributed by atoms with Crippen molar-refractivity contribution < 1.29 is 0 Å². The Hall–Kier alpha value is -1.42. The van der Waals surface area contributed by atoms with Gasteiger partial charge in [0.1, 0.15) is 5.82 Å². The van der Waals surface area contributed by atoms with Gasteiger partial charge < -0.3 is 10.7 Å². The second kappa shape index (κ2) is 4.55. The van der Waals surface area contributed by atoms with Gasteiger partial charge in [0.2, 0.25) is 0 Å². The lowest BCUT2D eigenvalue weighted by Gasteiger charge is -2.46. The van der Waals surface area contributed by atoms with Gasteiger partial charge in [0.15, 0.2) is 5.65 Å². The molecule has 4 nitrogen and oxygen atoms in total. The number of hydrogen-bond acceptors (Lipinski definition) is 3. The summed E-state index contributed by atoms with van der Waals surface area (Å²) in [7, 11) is 0. The molecule has 1 aliphatic rings. The van der Waals surface area contributed by atoms with Gasteiger partial charge in [0.25, 0.3) is 0 Å². The standard InChI is InChI=1S/C16H24N4/c1-9-5-8-13-15(18-9)20-14(19-13)11-6-7-12(17)10(2)16(11,3)4/h5,8,10-12H,6-7,17H2,1-4H3,(H,18,19,20). The number of imidazole rings is 1. The molecule has 0 saturated heterocycles. The maximum Gasteiger partial charge on any atom is 0.177 e. The summed E-state index contributed by atoms with van der Waals surface area (Å²) in [5.41, 5.74) is 9.27. The van der Waals surface area contributed by atoms with E-state index in [1.54, 1.807) is 0 Å². The zero-order valence-electron chi connectivity index (χ0n) is 12.8. The minimum atomic E-state index is 0.153. The minimum absolute atomic E-state index is 0.153. The highest BCUT2D eigenvalue weighted by atomic mass is 15.0. The monoisotopic (exact) mass is 272 g/mol. The summed E-state index contributed by atoms with van der Waals surface area (Å²) in [4.78, 5) is 12.7. The molecule has 1 aliphatic carbocycles. The molecule has 0 aromatic carbocycles. The van der Waals surface area contributed by atoms with Gasteiger partial charge in [-0.1, -0.05) is 20.8 Å². The number of H-pyrrole nitrogens is 1. The van der Waals surface area contributed by atoms with Crippen LogP contribution in [0.1, 0.15) is 51.0 Å². The van der Waals surface area contributed by atoms with Crippen molar-refractivity contribution in [2.75, 3.05) is 0 Å². The second-order valence-electron chi connectivity index (χ2n) is 6.85. The number of aromatic amines is 1. The van der Waals surface area contributed by atoms with E-state index in [9.17, 15) is 0 Å². The number of fused-ring (bicyclic) bond motifs is 1. The molecule has 0 amide bonds. The normalized spacial score (nSPS) is 29.8. The summed E-state index contributed by atoms with van der Waals surface area (Å²) < 4.78 is 0. The summed E-state index contributed by atoms with van der Waals surface area (Å²) in [6.07, 6.45) is 2.16. The molecule has 2 heterocycles. The van der Waals surface area contributed by atoms with Crippen LogP contribution in [0.3, 0.4) is 0 Å². The fourth-order valence-electron chi connectivity index (χ4n) is 3.51. The molecule has 2 aromatic rings. The summed E-state index contributed by atoms with van der Waals surface area (Å²) in [6.45, 7) is 8.89. The van der Waals surface area contributed by atoms with Crippen molar-refractivity contribution in [3.05, 3.63) is 23.7 Å². The number of nitrogens with one attached hydrogen (secondary N) is 1. The van der Waals surface area contributed by atoms with Crippen molar-refractivity contribution in [1.82, 2.24) is 15.0 Å². The predicted molar refractivity (Wildman–Crippen MR) is 81.5 cm³/mol. The van der Waals surface area contributed by atoms with Crippen LogP contribution in [0.2, 0.25) is 0 Å². The number of rotatable bonds is 1. The quantitative estimate of drug-likeness (QED) is 0.838. The van der Waals surface area contributed by atoms with E-state index < -0.39 is 0 Å². The first-order valence-electron chi connectivity index (χ1n) is 7.48. The molecule has 4 heteroatoms. The molecule has 20 heavy (non-hydrogen) atoms. The lowest BCUT2D eigenvalue weighted by atomic mass is 9.61. The molecule has 3 N–H and O–H groups in total. The Balaban J connectivity index is 2.01. The molecular weight excluding hydrogens is 248 g/mol. The lowest BCUT2D eigenvalue weighted by Crippen LogP contribution is -2.46. The van der Waals surface area contributed by atoms with Crippen molar-refractivity contribution >= 4 is 11.2 Å². The Kier molecular flexibility index (Phi) is 3.09. The lowest BCUT2D eigenvalue weighted by molar-refractivity contribution is 0.0954. The van der Waals surface area contributed by atoms with Gasteiger partial charge in [0, 0.05) is 17.7 Å². The van der Waals surface area contributed by atoms with Crippen LogP contribution in [0.5, 0.6) is 0 Å². The largest absolute Gasteiger partial charge is 0.340 e. The minimum Gasteiger partial charge on any atom is -0.340 e. The van der Waals surface area contributed by atoms with Crippen LogP contribution in [-0.4, -0.2) is 21.0 Å². The topological polar surface area (TPSA) is 67.6 Å². The maximum atomic E-state index is 6.25. The van der Waals surface area contributed by atoms with E-state index in [1.165, 1.54) is 0 Å². The van der Waals surface area contributed by atoms with Crippen molar-refractivity contribution in [3.8, 4) is 0 Å². The van der Waals surface area contributed by atoms with Crippen LogP contribution in [0, 0.1) is 18.3 Å². The average Bonchev–Trinajstić information content (AvgIpc) is 2.78. The average molecular weight is 272 g/mol. The van der Waals surface area contributed by atoms with Crippen LogP contribution in [0.25, 0.3) is 11.2 Å². The third-order valence-electron chi connectivity index (χ3n) is 5.34. The van der Waals surface area contributed by atoms with Crippen molar-refractivity contribution in [1.29, 1.82) is 0 Å². The number of nitrogens with two attached hydrogens (primary N) is 1. The van der Waals surface area contributed by atoms with Gasteiger partial charge in [-0.05, 0) is 43.2 Å². The number of nitrogens with zero attached hydrogens (tertiary/aromatic N) is 2. The van der Waals surface area contributed by atoms with Gasteiger partial charge in [-0.15, -0.1) is 0 Å². The Morgan fingerprint density at radius 2 is 2.00 bits per heavy atom. The molecule has 3 unspecified atom stereocenters. The molecule has 2 aromatic heterocycles. The Bertz CT molecular complexity index is 628. The molecule has 0 radical (unpaired) electrons. The van der Waals surface area contributed by atoms with E-state index in [1.807, 2.05) is 13.0 Å². The number of pyridine rings is 1. The zero-order valence-corrected chi connectivity index (χ0v) is 12.8. The fraction of sp³-hybridized carbons (Fsp3) is 0.625. The van der Waals surface area contributed by atoms with E-state index in [-0.39, 0.29) is 5.41 Å². The highest BCUT2D eigenvalue weighted by Gasteiger charge is 2.43. The van der Waals surface area contributed by atoms with Crippen LogP contribution in [-0.2, 0) is 0 Å². The third-order valence-corrected chi connectivity index (χ3v) is 5.34. The summed E-state index contributed by atoms with van der Waals surface area (Å²) >= 11 is 0. The van der Waals surface area contributed by atoms with Gasteiger partial charge in [-0.25, -0.2) is 9.97 Å². The van der Waals surface area contributed by atoms with E-state index in [2.05, 4.69) is 36.8 Å². The van der Waals surface area contributed by atoms with Crippen LogP contribution >= 0.6 is 0 Å². The zero-order chi connectivity index (χ0) is 14.5. The first-order valence-corrected chi connectivity index (χ1v) is 7.48.